The second kappa shape index (κ2) is 11.5. The van der Waals surface area contributed by atoms with Crippen LogP contribution in [0.25, 0.3) is 11.1 Å². The highest BCUT2D eigenvalue weighted by atomic mass is 16.5. The predicted molar refractivity (Wildman–Crippen MR) is 149 cm³/mol. The number of hydrogen-bond donors (Lipinski definition) is 4. The fraction of sp³-hybridized carbons (Fsp3) is 0.323. The van der Waals surface area contributed by atoms with Gasteiger partial charge in [-0.05, 0) is 41.2 Å². The van der Waals surface area contributed by atoms with Crippen LogP contribution in [0.4, 0.5) is 4.79 Å². The average Bonchev–Trinajstić information content (AvgIpc) is 3.50. The molecular formula is C31H33N3O6. The summed E-state index contributed by atoms with van der Waals surface area (Å²) in [6, 6.07) is 24.2. The van der Waals surface area contributed by atoms with E-state index in [1.54, 1.807) is 0 Å². The quantitative estimate of drug-likeness (QED) is 0.327. The summed E-state index contributed by atoms with van der Waals surface area (Å²) in [6.07, 6.45) is -1.83. The maximum atomic E-state index is 13.5. The molecule has 208 valence electrons. The van der Waals surface area contributed by atoms with E-state index < -0.39 is 35.7 Å². The third-order valence-electron chi connectivity index (χ3n) is 7.75. The largest absolute Gasteiger partial charge is 0.480 e. The van der Waals surface area contributed by atoms with Gasteiger partial charge in [0, 0.05) is 25.6 Å². The van der Waals surface area contributed by atoms with E-state index in [2.05, 4.69) is 22.8 Å². The second-order valence-corrected chi connectivity index (χ2v) is 10.5. The minimum absolute atomic E-state index is 0.0801. The number of aliphatic hydroxyl groups excluding tert-OH is 1. The summed E-state index contributed by atoms with van der Waals surface area (Å²) in [7, 11) is 0. The lowest BCUT2D eigenvalue weighted by molar-refractivity contribution is -0.145. The Hall–Kier alpha value is -4.21. The van der Waals surface area contributed by atoms with Gasteiger partial charge in [-0.15, -0.1) is 0 Å². The molecule has 3 aromatic rings. The molecular weight excluding hydrogens is 510 g/mol. The number of carbonyl (C=O) groups is 3. The van der Waals surface area contributed by atoms with Crippen molar-refractivity contribution < 1.29 is 29.3 Å². The predicted octanol–water partition coefficient (Wildman–Crippen LogP) is 3.12. The number of ether oxygens (including phenoxy) is 1. The van der Waals surface area contributed by atoms with E-state index in [0.29, 0.717) is 13.1 Å². The van der Waals surface area contributed by atoms with Gasteiger partial charge in [0.25, 0.3) is 0 Å². The maximum Gasteiger partial charge on any atom is 0.408 e. The molecule has 9 nitrogen and oxygen atoms in total. The first-order chi connectivity index (χ1) is 19.3. The number of hydrogen-bond acceptors (Lipinski definition) is 6. The summed E-state index contributed by atoms with van der Waals surface area (Å²) in [4.78, 5) is 40.4. The van der Waals surface area contributed by atoms with E-state index >= 15 is 0 Å². The SMILES string of the molecule is C[C@@H](O)[C@H](NC(=O)C1(NC(=O)OCC2c3ccccc3-c3ccccc32)CCN(Cc2ccccc2)C1)C(=O)O. The molecule has 1 fully saturated rings. The molecule has 0 spiro atoms. The number of aliphatic hydroxyl groups is 1. The number of carboxylic acid groups (broad SMARTS) is 1. The molecule has 4 N–H and O–H groups in total. The third kappa shape index (κ3) is 5.57. The molecule has 3 aromatic carbocycles. The summed E-state index contributed by atoms with van der Waals surface area (Å²) in [5.74, 6) is -2.18. The molecule has 1 saturated heterocycles. The Morgan fingerprint density at radius 1 is 0.975 bits per heavy atom. The Morgan fingerprint density at radius 3 is 2.17 bits per heavy atom. The van der Waals surface area contributed by atoms with Crippen molar-refractivity contribution in [1.29, 1.82) is 0 Å². The molecule has 1 aliphatic heterocycles. The minimum Gasteiger partial charge on any atom is -0.480 e. The van der Waals surface area contributed by atoms with Crippen LogP contribution in [0.3, 0.4) is 0 Å². The molecule has 5 rings (SSSR count). The smallest absolute Gasteiger partial charge is 0.408 e. The number of carbonyl (C=O) groups excluding carboxylic acids is 2. The van der Waals surface area contributed by atoms with Crippen LogP contribution in [-0.2, 0) is 20.9 Å². The number of fused-ring (bicyclic) bond motifs is 3. The first kappa shape index (κ1) is 27.4. The topological polar surface area (TPSA) is 128 Å². The highest BCUT2D eigenvalue weighted by molar-refractivity contribution is 5.93. The van der Waals surface area contributed by atoms with E-state index in [-0.39, 0.29) is 25.5 Å². The van der Waals surface area contributed by atoms with Crippen molar-refractivity contribution in [3.05, 3.63) is 95.6 Å². The Balaban J connectivity index is 1.32. The Bertz CT molecular complexity index is 1350. The van der Waals surface area contributed by atoms with E-state index in [9.17, 15) is 24.6 Å². The first-order valence-electron chi connectivity index (χ1n) is 13.4. The summed E-state index contributed by atoms with van der Waals surface area (Å²) in [5.41, 5.74) is 3.97. The van der Waals surface area contributed by atoms with Crippen molar-refractivity contribution in [2.45, 2.75) is 43.5 Å². The number of aliphatic carboxylic acids is 1. The molecule has 3 atom stereocenters. The van der Waals surface area contributed by atoms with Crippen LogP contribution < -0.4 is 10.6 Å². The number of alkyl carbamates (subject to hydrolysis) is 1. The molecule has 0 radical (unpaired) electrons. The summed E-state index contributed by atoms with van der Waals surface area (Å²) >= 11 is 0. The van der Waals surface area contributed by atoms with Crippen molar-refractivity contribution >= 4 is 18.0 Å². The Kier molecular flexibility index (Phi) is 7.86. The summed E-state index contributed by atoms with van der Waals surface area (Å²) < 4.78 is 5.72. The van der Waals surface area contributed by atoms with E-state index in [1.165, 1.54) is 6.92 Å². The van der Waals surface area contributed by atoms with Gasteiger partial charge in [-0.2, -0.15) is 0 Å². The van der Waals surface area contributed by atoms with Gasteiger partial charge in [-0.3, -0.25) is 9.69 Å². The van der Waals surface area contributed by atoms with E-state index in [0.717, 1.165) is 27.8 Å². The highest BCUT2D eigenvalue weighted by Crippen LogP contribution is 2.44. The summed E-state index contributed by atoms with van der Waals surface area (Å²) in [5, 5.41) is 24.7. The Labute approximate surface area is 232 Å². The van der Waals surface area contributed by atoms with Crippen LogP contribution in [0.1, 0.15) is 36.0 Å². The van der Waals surface area contributed by atoms with Gasteiger partial charge in [0.05, 0.1) is 6.10 Å². The second-order valence-electron chi connectivity index (χ2n) is 10.5. The van der Waals surface area contributed by atoms with E-state index in [4.69, 9.17) is 4.74 Å². The number of benzene rings is 3. The monoisotopic (exact) mass is 543 g/mol. The molecule has 0 saturated carbocycles. The molecule has 9 heteroatoms. The molecule has 2 aliphatic rings. The van der Waals surface area contributed by atoms with Crippen LogP contribution in [0.5, 0.6) is 0 Å². The zero-order valence-electron chi connectivity index (χ0n) is 22.2. The van der Waals surface area contributed by atoms with Gasteiger partial charge in [0.1, 0.15) is 12.1 Å². The van der Waals surface area contributed by atoms with Crippen LogP contribution in [0, 0.1) is 0 Å². The van der Waals surface area contributed by atoms with Gasteiger partial charge in [0.15, 0.2) is 6.04 Å². The number of nitrogens with one attached hydrogen (secondary N) is 2. The van der Waals surface area contributed by atoms with Gasteiger partial charge < -0.3 is 25.6 Å². The van der Waals surface area contributed by atoms with Crippen LogP contribution in [0.15, 0.2) is 78.9 Å². The molecule has 1 unspecified atom stereocenters. The third-order valence-corrected chi connectivity index (χ3v) is 7.75. The van der Waals surface area contributed by atoms with Crippen molar-refractivity contribution in [2.75, 3.05) is 19.7 Å². The van der Waals surface area contributed by atoms with Crippen LogP contribution in [0.2, 0.25) is 0 Å². The maximum absolute atomic E-state index is 13.5. The lowest BCUT2D eigenvalue weighted by Gasteiger charge is -2.31. The minimum atomic E-state index is -1.52. The lowest BCUT2D eigenvalue weighted by atomic mass is 9.96. The number of amides is 2. The zero-order chi connectivity index (χ0) is 28.3. The van der Waals surface area contributed by atoms with Crippen molar-refractivity contribution in [2.24, 2.45) is 0 Å². The fourth-order valence-corrected chi connectivity index (χ4v) is 5.71. The Morgan fingerprint density at radius 2 is 1.57 bits per heavy atom. The zero-order valence-corrected chi connectivity index (χ0v) is 22.2. The lowest BCUT2D eigenvalue weighted by Crippen LogP contribution is -2.63. The van der Waals surface area contributed by atoms with Crippen LogP contribution >= 0.6 is 0 Å². The van der Waals surface area contributed by atoms with Gasteiger partial charge >= 0.3 is 12.1 Å². The number of carboxylic acids is 1. The molecule has 40 heavy (non-hydrogen) atoms. The number of rotatable bonds is 9. The number of nitrogens with zero attached hydrogens (tertiary/aromatic N) is 1. The molecule has 2 amide bonds. The van der Waals surface area contributed by atoms with Crippen molar-refractivity contribution in [3.8, 4) is 11.1 Å². The van der Waals surface area contributed by atoms with Gasteiger partial charge in [-0.1, -0.05) is 78.9 Å². The molecule has 1 aliphatic carbocycles. The van der Waals surface area contributed by atoms with Crippen LogP contribution in [-0.4, -0.2) is 70.5 Å². The first-order valence-corrected chi connectivity index (χ1v) is 13.4. The highest BCUT2D eigenvalue weighted by Gasteiger charge is 2.48. The molecule has 0 aromatic heterocycles. The summed E-state index contributed by atoms with van der Waals surface area (Å²) in [6.45, 7) is 2.58. The standard InChI is InChI=1S/C31H33N3O6/c1-20(35)27(28(36)37)32-29(38)31(15-16-34(19-31)17-21-9-3-2-4-10-21)33-30(39)40-18-26-24-13-7-5-11-22(24)23-12-6-8-14-25(23)26/h2-14,20,26-27,35H,15-19H2,1H3,(H,32,38)(H,33,39)(H,36,37)/t20-,27+,31?/m1/s1. The van der Waals surface area contributed by atoms with E-state index in [1.807, 2.05) is 71.6 Å². The van der Waals surface area contributed by atoms with Gasteiger partial charge in [0.2, 0.25) is 5.91 Å². The fourth-order valence-electron chi connectivity index (χ4n) is 5.71. The van der Waals surface area contributed by atoms with Gasteiger partial charge in [-0.25, -0.2) is 9.59 Å². The average molecular weight is 544 g/mol. The molecule has 1 heterocycles. The van der Waals surface area contributed by atoms with Crippen molar-refractivity contribution in [1.82, 2.24) is 15.5 Å². The normalized spacial score (nSPS) is 19.8. The molecule has 0 bridgehead atoms. The number of likely N-dealkylation sites (tertiary alicyclic amines) is 1. The van der Waals surface area contributed by atoms with Crippen molar-refractivity contribution in [3.63, 3.8) is 0 Å².